The van der Waals surface area contributed by atoms with Crippen LogP contribution in [0.3, 0.4) is 0 Å². The van der Waals surface area contributed by atoms with Crippen molar-refractivity contribution < 1.29 is 9.90 Å². The van der Waals surface area contributed by atoms with Gasteiger partial charge in [-0.25, -0.2) is 15.8 Å². The van der Waals surface area contributed by atoms with E-state index >= 15 is 0 Å². The Labute approximate surface area is 99.6 Å². The molecule has 1 heterocycles. The number of carbonyl (C=O) groups excluding carboxylic acids is 1. The molecule has 0 aliphatic rings. The average Bonchev–Trinajstić information content (AvgIpc) is 2.39. The highest BCUT2D eigenvalue weighted by atomic mass is 16.3. The normalized spacial score (nSPS) is 10.1. The van der Waals surface area contributed by atoms with Gasteiger partial charge in [0.1, 0.15) is 5.69 Å². The Kier molecular flexibility index (Phi) is 5.31. The summed E-state index contributed by atoms with van der Waals surface area (Å²) in [6, 6.07) is 0. The van der Waals surface area contributed by atoms with Crippen molar-refractivity contribution in [3.05, 3.63) is 18.1 Å². The second-order valence-corrected chi connectivity index (χ2v) is 3.39. The van der Waals surface area contributed by atoms with E-state index in [-0.39, 0.29) is 18.2 Å². The summed E-state index contributed by atoms with van der Waals surface area (Å²) in [7, 11) is 0. The second kappa shape index (κ2) is 6.77. The van der Waals surface area contributed by atoms with Gasteiger partial charge in [-0.3, -0.25) is 4.79 Å². The molecule has 17 heavy (non-hydrogen) atoms. The number of nitrogen functional groups attached to an aromatic ring is 1. The number of nitrogens with one attached hydrogen (secondary N) is 1. The predicted molar refractivity (Wildman–Crippen MR) is 63.1 cm³/mol. The molecular weight excluding hydrogens is 222 g/mol. The Morgan fingerprint density at radius 3 is 2.76 bits per heavy atom. The van der Waals surface area contributed by atoms with Crippen LogP contribution in [-0.2, 0) is 0 Å². The number of hydrazine groups is 1. The zero-order valence-electron chi connectivity index (χ0n) is 9.76. The molecule has 0 saturated heterocycles. The fourth-order valence-corrected chi connectivity index (χ4v) is 1.34. The van der Waals surface area contributed by atoms with Gasteiger partial charge in [-0.2, -0.15) is 0 Å². The first-order chi connectivity index (χ1) is 8.22. The molecule has 0 radical (unpaired) electrons. The smallest absolute Gasteiger partial charge is 0.274 e. The van der Waals surface area contributed by atoms with Crippen molar-refractivity contribution >= 4 is 11.7 Å². The number of aliphatic hydroxyl groups is 1. The number of rotatable bonds is 6. The first-order valence-electron chi connectivity index (χ1n) is 5.41. The molecule has 0 fully saturated rings. The zero-order chi connectivity index (χ0) is 12.7. The Bertz CT molecular complexity index is 354. The summed E-state index contributed by atoms with van der Waals surface area (Å²) in [6.45, 7) is 3.01. The predicted octanol–water partition coefficient (Wildman–Crippen LogP) is -0.393. The molecule has 0 aliphatic carbocycles. The molecule has 0 bridgehead atoms. The number of aromatic nitrogens is 2. The van der Waals surface area contributed by atoms with Crippen molar-refractivity contribution in [2.24, 2.45) is 5.84 Å². The van der Waals surface area contributed by atoms with Crippen molar-refractivity contribution in [2.45, 2.75) is 13.3 Å². The summed E-state index contributed by atoms with van der Waals surface area (Å²) in [5.41, 5.74) is 2.61. The standard InChI is InChI=1S/C10H17N5O2/c1-2-15(4-3-5-16)10(17)8-6-13-9(14-11)7-12-8/h6-7,16H,2-5,11H2,1H3,(H,13,14). The van der Waals surface area contributed by atoms with Gasteiger partial charge in [0.25, 0.3) is 5.91 Å². The summed E-state index contributed by atoms with van der Waals surface area (Å²) in [5, 5.41) is 8.74. The van der Waals surface area contributed by atoms with Gasteiger partial charge in [0.15, 0.2) is 5.82 Å². The van der Waals surface area contributed by atoms with Crippen molar-refractivity contribution in [3.63, 3.8) is 0 Å². The quantitative estimate of drug-likeness (QED) is 0.461. The van der Waals surface area contributed by atoms with E-state index in [4.69, 9.17) is 10.9 Å². The first kappa shape index (κ1) is 13.3. The Morgan fingerprint density at radius 2 is 2.29 bits per heavy atom. The monoisotopic (exact) mass is 239 g/mol. The lowest BCUT2D eigenvalue weighted by atomic mass is 10.3. The molecule has 4 N–H and O–H groups in total. The average molecular weight is 239 g/mol. The number of hydrogen-bond acceptors (Lipinski definition) is 6. The van der Waals surface area contributed by atoms with Crippen LogP contribution in [0.4, 0.5) is 5.82 Å². The Morgan fingerprint density at radius 1 is 1.53 bits per heavy atom. The molecule has 0 unspecified atom stereocenters. The van der Waals surface area contributed by atoms with Crippen LogP contribution in [0.15, 0.2) is 12.4 Å². The van der Waals surface area contributed by atoms with Gasteiger partial charge < -0.3 is 15.4 Å². The molecular formula is C10H17N5O2. The summed E-state index contributed by atoms with van der Waals surface area (Å²) >= 11 is 0. The maximum atomic E-state index is 12.0. The number of amides is 1. The minimum absolute atomic E-state index is 0.0610. The molecule has 1 rings (SSSR count). The molecule has 0 aromatic carbocycles. The van der Waals surface area contributed by atoms with Crippen molar-refractivity contribution in [1.29, 1.82) is 0 Å². The third-order valence-electron chi connectivity index (χ3n) is 2.27. The van der Waals surface area contributed by atoms with Crippen molar-refractivity contribution in [2.75, 3.05) is 25.1 Å². The molecule has 0 atom stereocenters. The van der Waals surface area contributed by atoms with E-state index < -0.39 is 0 Å². The van der Waals surface area contributed by atoms with E-state index in [1.165, 1.54) is 12.4 Å². The Hall–Kier alpha value is -1.73. The van der Waals surface area contributed by atoms with Crippen LogP contribution in [0.2, 0.25) is 0 Å². The van der Waals surface area contributed by atoms with E-state index in [0.29, 0.717) is 25.3 Å². The van der Waals surface area contributed by atoms with Gasteiger partial charge in [-0.05, 0) is 13.3 Å². The van der Waals surface area contributed by atoms with Crippen LogP contribution >= 0.6 is 0 Å². The minimum atomic E-state index is -0.197. The van der Waals surface area contributed by atoms with E-state index in [2.05, 4.69) is 15.4 Å². The number of carbonyl (C=O) groups is 1. The van der Waals surface area contributed by atoms with Crippen LogP contribution in [0, 0.1) is 0 Å². The lowest BCUT2D eigenvalue weighted by molar-refractivity contribution is 0.0748. The maximum Gasteiger partial charge on any atom is 0.274 e. The second-order valence-electron chi connectivity index (χ2n) is 3.39. The van der Waals surface area contributed by atoms with Gasteiger partial charge in [0.2, 0.25) is 0 Å². The lowest BCUT2D eigenvalue weighted by Crippen LogP contribution is -2.33. The maximum absolute atomic E-state index is 12.0. The molecule has 1 aromatic heterocycles. The van der Waals surface area contributed by atoms with Gasteiger partial charge in [-0.15, -0.1) is 0 Å². The molecule has 0 spiro atoms. The summed E-state index contributed by atoms with van der Waals surface area (Å²) < 4.78 is 0. The van der Waals surface area contributed by atoms with E-state index in [0.717, 1.165) is 0 Å². The third-order valence-corrected chi connectivity index (χ3v) is 2.27. The molecule has 1 amide bonds. The fourth-order valence-electron chi connectivity index (χ4n) is 1.34. The summed E-state index contributed by atoms with van der Waals surface area (Å²) in [4.78, 5) is 21.5. The Balaban J connectivity index is 2.71. The highest BCUT2D eigenvalue weighted by Gasteiger charge is 2.15. The lowest BCUT2D eigenvalue weighted by Gasteiger charge is -2.19. The summed E-state index contributed by atoms with van der Waals surface area (Å²) in [5.74, 6) is 5.36. The largest absolute Gasteiger partial charge is 0.396 e. The molecule has 7 nitrogen and oxygen atoms in total. The highest BCUT2D eigenvalue weighted by Crippen LogP contribution is 2.04. The van der Waals surface area contributed by atoms with Gasteiger partial charge in [-0.1, -0.05) is 0 Å². The summed E-state index contributed by atoms with van der Waals surface area (Å²) in [6.07, 6.45) is 3.32. The number of hydrogen-bond donors (Lipinski definition) is 3. The number of anilines is 1. The van der Waals surface area contributed by atoms with Gasteiger partial charge >= 0.3 is 0 Å². The van der Waals surface area contributed by atoms with Gasteiger partial charge in [0, 0.05) is 19.7 Å². The SMILES string of the molecule is CCN(CCCO)C(=O)c1cnc(NN)cn1. The number of nitrogens with zero attached hydrogens (tertiary/aromatic N) is 3. The molecule has 0 saturated carbocycles. The van der Waals surface area contributed by atoms with Crippen LogP contribution < -0.4 is 11.3 Å². The van der Waals surface area contributed by atoms with Crippen molar-refractivity contribution in [1.82, 2.24) is 14.9 Å². The van der Waals surface area contributed by atoms with E-state index in [9.17, 15) is 4.79 Å². The third kappa shape index (κ3) is 3.65. The molecule has 94 valence electrons. The highest BCUT2D eigenvalue weighted by molar-refractivity contribution is 5.92. The van der Waals surface area contributed by atoms with Crippen molar-refractivity contribution in [3.8, 4) is 0 Å². The van der Waals surface area contributed by atoms with Crippen LogP contribution in [0.1, 0.15) is 23.8 Å². The first-order valence-corrected chi connectivity index (χ1v) is 5.41. The van der Waals surface area contributed by atoms with Crippen LogP contribution in [0.25, 0.3) is 0 Å². The van der Waals surface area contributed by atoms with E-state index in [1.54, 1.807) is 4.90 Å². The van der Waals surface area contributed by atoms with Crippen LogP contribution in [-0.4, -0.2) is 45.6 Å². The molecule has 0 aliphatic heterocycles. The fraction of sp³-hybridized carbons (Fsp3) is 0.500. The van der Waals surface area contributed by atoms with Gasteiger partial charge in [0.05, 0.1) is 12.4 Å². The topological polar surface area (TPSA) is 104 Å². The molecule has 7 heteroatoms. The van der Waals surface area contributed by atoms with E-state index in [1.807, 2.05) is 6.92 Å². The molecule has 1 aromatic rings. The number of nitrogens with two attached hydrogens (primary N) is 1. The zero-order valence-corrected chi connectivity index (χ0v) is 9.76. The minimum Gasteiger partial charge on any atom is -0.396 e. The number of aliphatic hydroxyl groups excluding tert-OH is 1. The van der Waals surface area contributed by atoms with Crippen LogP contribution in [0.5, 0.6) is 0 Å².